The molecule has 0 radical (unpaired) electrons. The fourth-order valence-corrected chi connectivity index (χ4v) is 2.63. The second-order valence-electron chi connectivity index (χ2n) is 4.31. The van der Waals surface area contributed by atoms with Crippen LogP contribution in [0.5, 0.6) is 0 Å². The highest BCUT2D eigenvalue weighted by Gasteiger charge is 2.18. The van der Waals surface area contributed by atoms with E-state index in [-0.39, 0.29) is 5.25 Å². The van der Waals surface area contributed by atoms with Crippen LogP contribution in [0.1, 0.15) is 49.5 Å². The average Bonchev–Trinajstić information content (AvgIpc) is 3.06. The van der Waals surface area contributed by atoms with Gasteiger partial charge in [-0.05, 0) is 19.6 Å². The largest absolute Gasteiger partial charge is 0.415 e. The smallest absolute Gasteiger partial charge is 0.277 e. The molecular formula is C12H18N4O2S2. The molecule has 0 spiro atoms. The Hall–Kier alpha value is -1.02. The van der Waals surface area contributed by atoms with Gasteiger partial charge in [0, 0.05) is 6.42 Å². The van der Waals surface area contributed by atoms with Gasteiger partial charge in [-0.2, -0.15) is 16.7 Å². The minimum atomic E-state index is 0.000422. The molecule has 6 nitrogen and oxygen atoms in total. The number of unbranched alkanes of at least 4 members (excludes halogenated alkanes) is 1. The third kappa shape index (κ3) is 4.24. The van der Waals surface area contributed by atoms with Gasteiger partial charge < -0.3 is 8.94 Å². The fraction of sp³-hybridized carbons (Fsp3) is 0.667. The van der Waals surface area contributed by atoms with Gasteiger partial charge in [0.2, 0.25) is 11.8 Å². The molecule has 0 N–H and O–H groups in total. The first-order chi connectivity index (χ1) is 9.72. The summed E-state index contributed by atoms with van der Waals surface area (Å²) in [5.41, 5.74) is 0. The monoisotopic (exact) mass is 314 g/mol. The normalized spacial score (nSPS) is 12.8. The van der Waals surface area contributed by atoms with E-state index >= 15 is 0 Å². The summed E-state index contributed by atoms with van der Waals surface area (Å²) in [5.74, 6) is 2.74. The number of aryl methyl sites for hydroxylation is 1. The number of thioether (sulfide) groups is 2. The Labute approximate surface area is 126 Å². The topological polar surface area (TPSA) is 77.8 Å². The standard InChI is InChI=1S/C12H18N4O2S2/c1-4-5-6-9-13-11(18-16-9)8(2)20-12-15-14-10(17-12)7-19-3/h8H,4-7H2,1-3H3. The van der Waals surface area contributed by atoms with E-state index in [2.05, 4.69) is 27.3 Å². The predicted molar refractivity (Wildman–Crippen MR) is 78.7 cm³/mol. The quantitative estimate of drug-likeness (QED) is 0.685. The summed E-state index contributed by atoms with van der Waals surface area (Å²) >= 11 is 3.08. The first-order valence-corrected chi connectivity index (χ1v) is 8.80. The van der Waals surface area contributed by atoms with Crippen molar-refractivity contribution in [3.63, 3.8) is 0 Å². The van der Waals surface area contributed by atoms with E-state index < -0.39 is 0 Å². The van der Waals surface area contributed by atoms with Crippen molar-refractivity contribution in [3.05, 3.63) is 17.6 Å². The second kappa shape index (κ2) is 7.68. The van der Waals surface area contributed by atoms with Gasteiger partial charge >= 0.3 is 0 Å². The van der Waals surface area contributed by atoms with Crippen molar-refractivity contribution >= 4 is 23.5 Å². The molecule has 0 amide bonds. The Morgan fingerprint density at radius 3 is 2.90 bits per heavy atom. The first-order valence-electron chi connectivity index (χ1n) is 6.53. The Balaban J connectivity index is 1.92. The highest BCUT2D eigenvalue weighted by molar-refractivity contribution is 7.99. The van der Waals surface area contributed by atoms with E-state index in [0.717, 1.165) is 30.8 Å². The maximum atomic E-state index is 5.52. The summed E-state index contributed by atoms with van der Waals surface area (Å²) in [6.07, 6.45) is 5.04. The van der Waals surface area contributed by atoms with Gasteiger partial charge in [0.25, 0.3) is 5.22 Å². The summed E-state index contributed by atoms with van der Waals surface area (Å²) in [6.45, 7) is 4.13. The first kappa shape index (κ1) is 15.4. The molecule has 0 aliphatic carbocycles. The van der Waals surface area contributed by atoms with Crippen LogP contribution >= 0.6 is 23.5 Å². The van der Waals surface area contributed by atoms with Crippen LogP contribution in [-0.2, 0) is 12.2 Å². The molecule has 0 fully saturated rings. The predicted octanol–water partition coefficient (Wildman–Crippen LogP) is 3.51. The molecule has 0 aromatic carbocycles. The zero-order valence-corrected chi connectivity index (χ0v) is 13.5. The highest BCUT2D eigenvalue weighted by atomic mass is 32.2. The van der Waals surface area contributed by atoms with Crippen LogP contribution < -0.4 is 0 Å². The van der Waals surface area contributed by atoms with Crippen molar-refractivity contribution in [2.75, 3.05) is 6.26 Å². The van der Waals surface area contributed by atoms with E-state index in [0.29, 0.717) is 17.0 Å². The van der Waals surface area contributed by atoms with Crippen LogP contribution in [0, 0.1) is 0 Å². The Morgan fingerprint density at radius 2 is 2.15 bits per heavy atom. The number of nitrogens with zero attached hydrogens (tertiary/aromatic N) is 4. The Bertz CT molecular complexity index is 529. The third-order valence-corrected chi connectivity index (χ3v) is 4.04. The number of aromatic nitrogens is 4. The van der Waals surface area contributed by atoms with Gasteiger partial charge in [-0.15, -0.1) is 10.2 Å². The highest BCUT2D eigenvalue weighted by Crippen LogP contribution is 2.33. The van der Waals surface area contributed by atoms with Gasteiger partial charge in [-0.3, -0.25) is 0 Å². The lowest BCUT2D eigenvalue weighted by Crippen LogP contribution is -1.91. The molecule has 0 bridgehead atoms. The van der Waals surface area contributed by atoms with Crippen molar-refractivity contribution in [3.8, 4) is 0 Å². The van der Waals surface area contributed by atoms with E-state index in [1.807, 2.05) is 13.2 Å². The molecule has 2 heterocycles. The van der Waals surface area contributed by atoms with Crippen molar-refractivity contribution < 1.29 is 8.94 Å². The van der Waals surface area contributed by atoms with Gasteiger partial charge in [-0.25, -0.2) is 0 Å². The molecule has 0 aliphatic heterocycles. The van der Waals surface area contributed by atoms with Crippen molar-refractivity contribution in [2.45, 2.75) is 49.3 Å². The molecule has 0 saturated carbocycles. The fourth-order valence-electron chi connectivity index (χ4n) is 1.54. The van der Waals surface area contributed by atoms with Crippen molar-refractivity contribution in [1.82, 2.24) is 20.3 Å². The van der Waals surface area contributed by atoms with Gasteiger partial charge in [0.05, 0.1) is 11.0 Å². The molecule has 1 unspecified atom stereocenters. The number of rotatable bonds is 8. The Kier molecular flexibility index (Phi) is 5.90. The van der Waals surface area contributed by atoms with Crippen LogP contribution in [0.2, 0.25) is 0 Å². The lowest BCUT2D eigenvalue weighted by molar-refractivity contribution is 0.372. The minimum Gasteiger partial charge on any atom is -0.415 e. The van der Waals surface area contributed by atoms with Crippen LogP contribution in [0.4, 0.5) is 0 Å². The number of hydrogen-bond donors (Lipinski definition) is 0. The third-order valence-electron chi connectivity index (χ3n) is 2.58. The molecule has 0 saturated heterocycles. The second-order valence-corrected chi connectivity index (χ2v) is 6.47. The SMILES string of the molecule is CCCCc1noc(C(C)Sc2nnc(CSC)o2)n1. The van der Waals surface area contributed by atoms with Crippen LogP contribution in [0.25, 0.3) is 0 Å². The van der Waals surface area contributed by atoms with E-state index in [4.69, 9.17) is 8.94 Å². The molecule has 0 aliphatic rings. The van der Waals surface area contributed by atoms with E-state index in [1.54, 1.807) is 11.8 Å². The zero-order chi connectivity index (χ0) is 14.4. The molecule has 2 rings (SSSR count). The van der Waals surface area contributed by atoms with Gasteiger partial charge in [0.1, 0.15) is 0 Å². The van der Waals surface area contributed by atoms with Crippen molar-refractivity contribution in [2.24, 2.45) is 0 Å². The summed E-state index contributed by atoms with van der Waals surface area (Å²) < 4.78 is 10.8. The van der Waals surface area contributed by atoms with Crippen LogP contribution in [0.15, 0.2) is 14.2 Å². The van der Waals surface area contributed by atoms with Crippen LogP contribution in [-0.4, -0.2) is 26.6 Å². The van der Waals surface area contributed by atoms with Crippen molar-refractivity contribution in [1.29, 1.82) is 0 Å². The van der Waals surface area contributed by atoms with E-state index in [1.165, 1.54) is 11.8 Å². The summed E-state index contributed by atoms with van der Waals surface area (Å²) in [6, 6.07) is 0. The Morgan fingerprint density at radius 1 is 1.30 bits per heavy atom. The molecular weight excluding hydrogens is 296 g/mol. The molecule has 2 aromatic heterocycles. The summed E-state index contributed by atoms with van der Waals surface area (Å²) in [5, 5.41) is 12.5. The maximum Gasteiger partial charge on any atom is 0.277 e. The summed E-state index contributed by atoms with van der Waals surface area (Å²) in [7, 11) is 0. The molecule has 1 atom stereocenters. The van der Waals surface area contributed by atoms with Gasteiger partial charge in [0.15, 0.2) is 5.82 Å². The maximum absolute atomic E-state index is 5.52. The molecule has 20 heavy (non-hydrogen) atoms. The summed E-state index contributed by atoms with van der Waals surface area (Å²) in [4.78, 5) is 4.39. The average molecular weight is 314 g/mol. The molecule has 2 aromatic rings. The number of hydrogen-bond acceptors (Lipinski definition) is 8. The lowest BCUT2D eigenvalue weighted by Gasteiger charge is -2.00. The molecule has 110 valence electrons. The van der Waals surface area contributed by atoms with Gasteiger partial charge in [-0.1, -0.05) is 30.3 Å². The molecule has 8 heteroatoms. The zero-order valence-electron chi connectivity index (χ0n) is 11.8. The lowest BCUT2D eigenvalue weighted by atomic mass is 10.2. The minimum absolute atomic E-state index is 0.000422. The van der Waals surface area contributed by atoms with Crippen LogP contribution in [0.3, 0.4) is 0 Å². The van der Waals surface area contributed by atoms with E-state index in [9.17, 15) is 0 Å².